The lowest BCUT2D eigenvalue weighted by Gasteiger charge is -2.23. The summed E-state index contributed by atoms with van der Waals surface area (Å²) in [7, 11) is 1.62. The van der Waals surface area contributed by atoms with E-state index in [2.05, 4.69) is 0 Å². The molecule has 0 unspecified atom stereocenters. The van der Waals surface area contributed by atoms with E-state index in [0.29, 0.717) is 18.0 Å². The van der Waals surface area contributed by atoms with Gasteiger partial charge in [-0.2, -0.15) is 5.10 Å². The van der Waals surface area contributed by atoms with Crippen LogP contribution >= 0.6 is 0 Å². The van der Waals surface area contributed by atoms with Crippen LogP contribution < -0.4 is 9.47 Å². The number of aromatic nitrogens is 2. The molecule has 1 aromatic heterocycles. The van der Waals surface area contributed by atoms with Crippen LogP contribution in [0.15, 0.2) is 84.9 Å². The molecule has 0 aliphatic heterocycles. The van der Waals surface area contributed by atoms with Crippen LogP contribution in [0.25, 0.3) is 5.69 Å². The summed E-state index contributed by atoms with van der Waals surface area (Å²) in [5.41, 5.74) is 3.29. The van der Waals surface area contributed by atoms with Crippen LogP contribution in [-0.4, -0.2) is 33.7 Å². The summed E-state index contributed by atoms with van der Waals surface area (Å²) in [6.07, 6.45) is 2.01. The number of para-hydroxylation sites is 2. The van der Waals surface area contributed by atoms with Crippen LogP contribution in [0.1, 0.15) is 34.5 Å². The number of ether oxygens (including phenoxy) is 2. The fraction of sp³-hybridized carbons (Fsp3) is 0.214. The quantitative estimate of drug-likeness (QED) is 0.339. The van der Waals surface area contributed by atoms with E-state index in [4.69, 9.17) is 14.6 Å². The topological polar surface area (TPSA) is 56.6 Å². The average molecular weight is 454 g/mol. The van der Waals surface area contributed by atoms with Crippen molar-refractivity contribution in [1.82, 2.24) is 14.7 Å². The van der Waals surface area contributed by atoms with E-state index in [-0.39, 0.29) is 11.9 Å². The molecule has 1 aliphatic rings. The zero-order valence-electron chi connectivity index (χ0n) is 19.3. The molecule has 0 atom stereocenters. The van der Waals surface area contributed by atoms with E-state index in [1.807, 2.05) is 101 Å². The fourth-order valence-corrected chi connectivity index (χ4v) is 3.99. The molecule has 3 aromatic carbocycles. The second kappa shape index (κ2) is 9.43. The summed E-state index contributed by atoms with van der Waals surface area (Å²) >= 11 is 0. The smallest absolute Gasteiger partial charge is 0.254 e. The minimum atomic E-state index is 0.00248. The van der Waals surface area contributed by atoms with Crippen LogP contribution in [0.2, 0.25) is 0 Å². The Balaban J connectivity index is 1.52. The van der Waals surface area contributed by atoms with E-state index >= 15 is 0 Å². The first-order chi connectivity index (χ1) is 16.6. The summed E-state index contributed by atoms with van der Waals surface area (Å²) in [5.74, 6) is 2.08. The molecule has 0 radical (unpaired) electrons. The van der Waals surface area contributed by atoms with Gasteiger partial charge in [0.05, 0.1) is 30.6 Å². The van der Waals surface area contributed by atoms with Gasteiger partial charge in [0, 0.05) is 11.6 Å². The summed E-state index contributed by atoms with van der Waals surface area (Å²) in [5, 5.41) is 4.80. The highest BCUT2D eigenvalue weighted by atomic mass is 16.5. The number of amides is 1. The van der Waals surface area contributed by atoms with Crippen molar-refractivity contribution in [2.45, 2.75) is 32.4 Å². The third-order valence-corrected chi connectivity index (χ3v) is 6.01. The minimum absolute atomic E-state index is 0.00248. The lowest BCUT2D eigenvalue weighted by Crippen LogP contribution is -2.32. The van der Waals surface area contributed by atoms with Crippen LogP contribution in [0.4, 0.5) is 0 Å². The minimum Gasteiger partial charge on any atom is -0.497 e. The SMILES string of the molecule is COc1ccc(C(=O)N(Cc2c(C)nn(-c3ccccc3)c2Oc2ccccc2)C2CC2)cc1. The van der Waals surface area contributed by atoms with Gasteiger partial charge >= 0.3 is 0 Å². The predicted octanol–water partition coefficient (Wildman–Crippen LogP) is 5.79. The van der Waals surface area contributed by atoms with Crippen molar-refractivity contribution in [3.63, 3.8) is 0 Å². The van der Waals surface area contributed by atoms with Crippen LogP contribution in [0, 0.1) is 6.92 Å². The van der Waals surface area contributed by atoms with Crippen molar-refractivity contribution in [3.05, 3.63) is 102 Å². The summed E-state index contributed by atoms with van der Waals surface area (Å²) in [6.45, 7) is 2.39. The maximum absolute atomic E-state index is 13.5. The molecule has 5 rings (SSSR count). The molecule has 1 saturated carbocycles. The molecule has 1 heterocycles. The number of benzene rings is 3. The van der Waals surface area contributed by atoms with Gasteiger partial charge in [0.2, 0.25) is 5.88 Å². The molecule has 0 saturated heterocycles. The molecule has 0 spiro atoms. The molecular formula is C28H27N3O3. The van der Waals surface area contributed by atoms with E-state index in [1.165, 1.54) is 0 Å². The van der Waals surface area contributed by atoms with Crippen molar-refractivity contribution in [2.24, 2.45) is 0 Å². The summed E-state index contributed by atoms with van der Waals surface area (Å²) in [6, 6.07) is 27.1. The van der Waals surface area contributed by atoms with Gasteiger partial charge in [-0.25, -0.2) is 4.68 Å². The average Bonchev–Trinajstić information content (AvgIpc) is 3.68. The Morgan fingerprint density at radius 3 is 2.21 bits per heavy atom. The molecular weight excluding hydrogens is 426 g/mol. The molecule has 1 fully saturated rings. The standard InChI is InChI=1S/C28H27N3O3/c1-20-26(19-30(22-15-16-22)27(32)21-13-17-24(33-2)18-14-21)28(34-25-11-7-4-8-12-25)31(29-20)23-9-5-3-6-10-23/h3-14,17-18,22H,15-16,19H2,1-2H3. The van der Waals surface area contributed by atoms with E-state index < -0.39 is 0 Å². The molecule has 0 bridgehead atoms. The number of methoxy groups -OCH3 is 1. The van der Waals surface area contributed by atoms with Gasteiger partial charge in [0.1, 0.15) is 11.5 Å². The fourth-order valence-electron chi connectivity index (χ4n) is 3.99. The molecule has 34 heavy (non-hydrogen) atoms. The van der Waals surface area contributed by atoms with Crippen molar-refractivity contribution in [1.29, 1.82) is 0 Å². The Morgan fingerprint density at radius 2 is 1.59 bits per heavy atom. The number of carbonyl (C=O) groups is 1. The predicted molar refractivity (Wildman–Crippen MR) is 131 cm³/mol. The van der Waals surface area contributed by atoms with Gasteiger partial charge in [0.15, 0.2) is 0 Å². The zero-order chi connectivity index (χ0) is 23.5. The molecule has 0 N–H and O–H groups in total. The summed E-state index contributed by atoms with van der Waals surface area (Å²) < 4.78 is 13.4. The monoisotopic (exact) mass is 453 g/mol. The number of aryl methyl sites for hydroxylation is 1. The largest absolute Gasteiger partial charge is 0.497 e. The number of hydrogen-bond acceptors (Lipinski definition) is 4. The van der Waals surface area contributed by atoms with Gasteiger partial charge in [-0.3, -0.25) is 4.79 Å². The van der Waals surface area contributed by atoms with Crippen LogP contribution in [0.3, 0.4) is 0 Å². The molecule has 6 nitrogen and oxygen atoms in total. The number of hydrogen-bond donors (Lipinski definition) is 0. The highest BCUT2D eigenvalue weighted by Gasteiger charge is 2.35. The molecule has 4 aromatic rings. The molecule has 6 heteroatoms. The van der Waals surface area contributed by atoms with Crippen molar-refractivity contribution < 1.29 is 14.3 Å². The van der Waals surface area contributed by atoms with Gasteiger partial charge < -0.3 is 14.4 Å². The van der Waals surface area contributed by atoms with Crippen molar-refractivity contribution >= 4 is 5.91 Å². The van der Waals surface area contributed by atoms with Gasteiger partial charge in [-0.15, -0.1) is 0 Å². The Labute approximate surface area is 199 Å². The second-order valence-corrected chi connectivity index (χ2v) is 8.42. The summed E-state index contributed by atoms with van der Waals surface area (Å²) in [4.78, 5) is 15.4. The molecule has 1 amide bonds. The van der Waals surface area contributed by atoms with Crippen molar-refractivity contribution in [2.75, 3.05) is 7.11 Å². The maximum Gasteiger partial charge on any atom is 0.254 e. The Morgan fingerprint density at radius 1 is 0.941 bits per heavy atom. The van der Waals surface area contributed by atoms with Gasteiger partial charge in [-0.1, -0.05) is 36.4 Å². The highest BCUT2D eigenvalue weighted by molar-refractivity contribution is 5.94. The number of nitrogens with zero attached hydrogens (tertiary/aromatic N) is 3. The molecule has 1 aliphatic carbocycles. The Hall–Kier alpha value is -4.06. The lowest BCUT2D eigenvalue weighted by molar-refractivity contribution is 0.0728. The van der Waals surface area contributed by atoms with E-state index in [0.717, 1.165) is 41.3 Å². The number of rotatable bonds is 8. The van der Waals surface area contributed by atoms with Gasteiger partial charge in [0.25, 0.3) is 5.91 Å². The third kappa shape index (κ3) is 4.53. The van der Waals surface area contributed by atoms with E-state index in [9.17, 15) is 4.79 Å². The van der Waals surface area contributed by atoms with Crippen LogP contribution in [0.5, 0.6) is 17.4 Å². The van der Waals surface area contributed by atoms with Crippen molar-refractivity contribution in [3.8, 4) is 23.1 Å². The number of carbonyl (C=O) groups excluding carboxylic acids is 1. The van der Waals surface area contributed by atoms with Gasteiger partial charge in [-0.05, 0) is 68.3 Å². The first-order valence-corrected chi connectivity index (χ1v) is 11.5. The Kier molecular flexibility index (Phi) is 6.04. The first-order valence-electron chi connectivity index (χ1n) is 11.5. The third-order valence-electron chi connectivity index (χ3n) is 6.01. The van der Waals surface area contributed by atoms with Crippen LogP contribution in [-0.2, 0) is 6.54 Å². The second-order valence-electron chi connectivity index (χ2n) is 8.42. The zero-order valence-corrected chi connectivity index (χ0v) is 19.3. The Bertz CT molecular complexity index is 1260. The maximum atomic E-state index is 13.5. The van der Waals surface area contributed by atoms with E-state index in [1.54, 1.807) is 7.11 Å². The lowest BCUT2D eigenvalue weighted by atomic mass is 10.1. The normalized spacial score (nSPS) is 12.9. The molecule has 172 valence electrons. The first kappa shape index (κ1) is 21.8. The highest BCUT2D eigenvalue weighted by Crippen LogP contribution is 2.35.